The van der Waals surface area contributed by atoms with Crippen LogP contribution < -0.4 is 5.73 Å². The van der Waals surface area contributed by atoms with E-state index in [1.165, 1.54) is 5.56 Å². The number of furan rings is 1. The van der Waals surface area contributed by atoms with Crippen LogP contribution in [-0.2, 0) is 6.54 Å². The van der Waals surface area contributed by atoms with Crippen molar-refractivity contribution in [1.82, 2.24) is 4.90 Å². The van der Waals surface area contributed by atoms with Crippen molar-refractivity contribution < 1.29 is 4.42 Å². The van der Waals surface area contributed by atoms with Crippen molar-refractivity contribution >= 4 is 0 Å². The molecule has 3 nitrogen and oxygen atoms in total. The van der Waals surface area contributed by atoms with Crippen molar-refractivity contribution in [1.29, 1.82) is 0 Å². The first-order valence-corrected chi connectivity index (χ1v) is 4.13. The Morgan fingerprint density at radius 1 is 1.67 bits per heavy atom. The average Bonchev–Trinajstić information content (AvgIpc) is 2.37. The molecule has 1 rings (SSSR count). The van der Waals surface area contributed by atoms with Crippen LogP contribution in [0.2, 0.25) is 0 Å². The Labute approximate surface area is 73.2 Å². The molecule has 0 aliphatic carbocycles. The smallest absolute Gasteiger partial charge is 0.0947 e. The zero-order chi connectivity index (χ0) is 8.97. The molecule has 0 spiro atoms. The highest BCUT2D eigenvalue weighted by Crippen LogP contribution is 2.03. The summed E-state index contributed by atoms with van der Waals surface area (Å²) in [6.07, 6.45) is 3.45. The van der Waals surface area contributed by atoms with Crippen LogP contribution in [0.5, 0.6) is 0 Å². The number of nitrogens with zero attached hydrogens (tertiary/aromatic N) is 1. The lowest BCUT2D eigenvalue weighted by molar-refractivity contribution is 0.309. The summed E-state index contributed by atoms with van der Waals surface area (Å²) in [6, 6.07) is 2.19. The van der Waals surface area contributed by atoms with E-state index in [2.05, 4.69) is 11.9 Å². The van der Waals surface area contributed by atoms with Crippen molar-refractivity contribution in [3.8, 4) is 0 Å². The van der Waals surface area contributed by atoms with E-state index < -0.39 is 0 Å². The van der Waals surface area contributed by atoms with Crippen LogP contribution >= 0.6 is 0 Å². The molecule has 0 saturated heterocycles. The summed E-state index contributed by atoms with van der Waals surface area (Å²) in [4.78, 5) is 2.18. The third kappa shape index (κ3) is 3.07. The van der Waals surface area contributed by atoms with Gasteiger partial charge in [-0.15, -0.1) is 0 Å². The third-order valence-electron chi connectivity index (χ3n) is 1.63. The molecule has 0 aliphatic heterocycles. The maximum atomic E-state index is 5.66. The minimum absolute atomic E-state index is 0.224. The van der Waals surface area contributed by atoms with Gasteiger partial charge in [0.1, 0.15) is 0 Å². The Bertz CT molecular complexity index is 206. The molecule has 1 aromatic rings. The Morgan fingerprint density at radius 2 is 2.42 bits per heavy atom. The van der Waals surface area contributed by atoms with Gasteiger partial charge in [-0.05, 0) is 20.0 Å². The predicted octanol–water partition coefficient (Wildman–Crippen LogP) is 1.06. The minimum atomic E-state index is 0.224. The first-order chi connectivity index (χ1) is 5.68. The van der Waals surface area contributed by atoms with Gasteiger partial charge < -0.3 is 15.1 Å². The highest BCUT2D eigenvalue weighted by atomic mass is 16.3. The van der Waals surface area contributed by atoms with Crippen LogP contribution in [-0.4, -0.2) is 24.5 Å². The zero-order valence-corrected chi connectivity index (χ0v) is 7.66. The predicted molar refractivity (Wildman–Crippen MR) is 48.7 cm³/mol. The molecule has 0 aliphatic rings. The molecule has 0 aromatic carbocycles. The van der Waals surface area contributed by atoms with E-state index in [-0.39, 0.29) is 6.04 Å². The van der Waals surface area contributed by atoms with Crippen molar-refractivity contribution in [2.24, 2.45) is 5.73 Å². The molecule has 0 fully saturated rings. The average molecular weight is 168 g/mol. The van der Waals surface area contributed by atoms with Gasteiger partial charge >= 0.3 is 0 Å². The Balaban J connectivity index is 2.32. The third-order valence-corrected chi connectivity index (χ3v) is 1.63. The fourth-order valence-corrected chi connectivity index (χ4v) is 1.25. The first kappa shape index (κ1) is 9.29. The van der Waals surface area contributed by atoms with Gasteiger partial charge in [0.15, 0.2) is 0 Å². The zero-order valence-electron chi connectivity index (χ0n) is 7.66. The molecular weight excluding hydrogens is 152 g/mol. The molecule has 12 heavy (non-hydrogen) atoms. The molecule has 68 valence electrons. The molecule has 1 atom stereocenters. The number of nitrogens with two attached hydrogens (primary N) is 1. The van der Waals surface area contributed by atoms with Gasteiger partial charge in [0, 0.05) is 24.7 Å². The highest BCUT2D eigenvalue weighted by Gasteiger charge is 2.03. The molecule has 1 aromatic heterocycles. The van der Waals surface area contributed by atoms with Crippen molar-refractivity contribution in [3.63, 3.8) is 0 Å². The Kier molecular flexibility index (Phi) is 3.31. The molecular formula is C9H16N2O. The highest BCUT2D eigenvalue weighted by molar-refractivity contribution is 5.04. The van der Waals surface area contributed by atoms with E-state index in [1.54, 1.807) is 12.5 Å². The number of likely N-dealkylation sites (N-methyl/N-ethyl adjacent to an activating group) is 1. The van der Waals surface area contributed by atoms with E-state index in [0.29, 0.717) is 0 Å². The topological polar surface area (TPSA) is 42.4 Å². The fraction of sp³-hybridized carbons (Fsp3) is 0.556. The van der Waals surface area contributed by atoms with Crippen LogP contribution in [0.15, 0.2) is 23.0 Å². The van der Waals surface area contributed by atoms with Crippen LogP contribution in [0.3, 0.4) is 0 Å². The monoisotopic (exact) mass is 168 g/mol. The van der Waals surface area contributed by atoms with Gasteiger partial charge in [-0.1, -0.05) is 0 Å². The lowest BCUT2D eigenvalue weighted by atomic mass is 10.3. The van der Waals surface area contributed by atoms with Gasteiger partial charge in [0.25, 0.3) is 0 Å². The summed E-state index contributed by atoms with van der Waals surface area (Å²) in [5.41, 5.74) is 6.85. The maximum Gasteiger partial charge on any atom is 0.0947 e. The molecule has 1 unspecified atom stereocenters. The molecule has 1 heterocycles. The molecule has 0 radical (unpaired) electrons. The Hall–Kier alpha value is -0.800. The van der Waals surface area contributed by atoms with Gasteiger partial charge in [-0.25, -0.2) is 0 Å². The summed E-state index contributed by atoms with van der Waals surface area (Å²) in [7, 11) is 2.05. The van der Waals surface area contributed by atoms with E-state index >= 15 is 0 Å². The minimum Gasteiger partial charge on any atom is -0.472 e. The van der Waals surface area contributed by atoms with Gasteiger partial charge in [-0.3, -0.25) is 0 Å². The van der Waals surface area contributed by atoms with E-state index in [4.69, 9.17) is 10.2 Å². The van der Waals surface area contributed by atoms with Crippen LogP contribution in [0, 0.1) is 0 Å². The van der Waals surface area contributed by atoms with Gasteiger partial charge in [0.05, 0.1) is 12.5 Å². The van der Waals surface area contributed by atoms with Crippen LogP contribution in [0.1, 0.15) is 12.5 Å². The lowest BCUT2D eigenvalue weighted by Gasteiger charge is -2.17. The summed E-state index contributed by atoms with van der Waals surface area (Å²) in [5.74, 6) is 0. The second-order valence-electron chi connectivity index (χ2n) is 3.31. The van der Waals surface area contributed by atoms with E-state index in [0.717, 1.165) is 13.1 Å². The summed E-state index contributed by atoms with van der Waals surface area (Å²) in [5, 5.41) is 0. The SMILES string of the molecule is CC(N)CN(C)Cc1ccoc1. The molecule has 3 heteroatoms. The molecule has 0 bridgehead atoms. The first-order valence-electron chi connectivity index (χ1n) is 4.13. The van der Waals surface area contributed by atoms with E-state index in [9.17, 15) is 0 Å². The summed E-state index contributed by atoms with van der Waals surface area (Å²) >= 11 is 0. The number of rotatable bonds is 4. The normalized spacial score (nSPS) is 13.7. The Morgan fingerprint density at radius 3 is 2.92 bits per heavy atom. The number of hydrogen-bond acceptors (Lipinski definition) is 3. The lowest BCUT2D eigenvalue weighted by Crippen LogP contribution is -2.32. The van der Waals surface area contributed by atoms with Crippen LogP contribution in [0.25, 0.3) is 0 Å². The second-order valence-corrected chi connectivity index (χ2v) is 3.31. The van der Waals surface area contributed by atoms with E-state index in [1.807, 2.05) is 13.0 Å². The summed E-state index contributed by atoms with van der Waals surface area (Å²) < 4.78 is 4.96. The fourth-order valence-electron chi connectivity index (χ4n) is 1.25. The quantitative estimate of drug-likeness (QED) is 0.731. The van der Waals surface area contributed by atoms with Crippen LogP contribution in [0.4, 0.5) is 0 Å². The molecule has 2 N–H and O–H groups in total. The van der Waals surface area contributed by atoms with Crippen molar-refractivity contribution in [2.75, 3.05) is 13.6 Å². The summed E-state index contributed by atoms with van der Waals surface area (Å²) in [6.45, 7) is 3.81. The maximum absolute atomic E-state index is 5.66. The van der Waals surface area contributed by atoms with Crippen molar-refractivity contribution in [2.45, 2.75) is 19.5 Å². The molecule has 0 amide bonds. The second kappa shape index (κ2) is 4.28. The van der Waals surface area contributed by atoms with Gasteiger partial charge in [0.2, 0.25) is 0 Å². The standard InChI is InChI=1S/C9H16N2O/c1-8(10)5-11(2)6-9-3-4-12-7-9/h3-4,7-8H,5-6,10H2,1-2H3. The number of hydrogen-bond donors (Lipinski definition) is 1. The van der Waals surface area contributed by atoms with Crippen molar-refractivity contribution in [3.05, 3.63) is 24.2 Å². The van der Waals surface area contributed by atoms with Gasteiger partial charge in [-0.2, -0.15) is 0 Å². The largest absolute Gasteiger partial charge is 0.472 e. The molecule has 0 saturated carbocycles.